The van der Waals surface area contributed by atoms with Crippen LogP contribution < -0.4 is 0 Å². The first-order chi connectivity index (χ1) is 15.8. The first kappa shape index (κ1) is 24.6. The van der Waals surface area contributed by atoms with Crippen molar-refractivity contribution in [1.29, 1.82) is 0 Å². The van der Waals surface area contributed by atoms with Crippen molar-refractivity contribution in [2.24, 2.45) is 0 Å². The first-order valence-corrected chi connectivity index (χ1v) is 11.3. The number of nitrogens with zero attached hydrogens (tertiary/aromatic N) is 2. The summed E-state index contributed by atoms with van der Waals surface area (Å²) in [4.78, 5) is 40.6. The summed E-state index contributed by atoms with van der Waals surface area (Å²) in [5.41, 5.74) is 2.12. The molecule has 0 radical (unpaired) electrons. The number of ketones is 1. The molecule has 33 heavy (non-hydrogen) atoms. The fourth-order valence-electron chi connectivity index (χ4n) is 4.47. The molecule has 1 aliphatic heterocycles. The quantitative estimate of drug-likeness (QED) is 0.420. The van der Waals surface area contributed by atoms with E-state index in [0.717, 1.165) is 18.9 Å². The molecule has 3 rings (SSSR count). The lowest BCUT2D eigenvalue weighted by atomic mass is 10.0. The Bertz CT molecular complexity index is 1040. The highest BCUT2D eigenvalue weighted by Gasteiger charge is 2.30. The maximum Gasteiger partial charge on any atom is 0.355 e. The molecule has 0 unspecified atom stereocenters. The van der Waals surface area contributed by atoms with Crippen LogP contribution in [0.15, 0.2) is 24.3 Å². The molecular formula is C25H31FN2O5. The normalized spacial score (nSPS) is 15.5. The average Bonchev–Trinajstić information content (AvgIpc) is 3.38. The molecule has 0 bridgehead atoms. The zero-order valence-corrected chi connectivity index (χ0v) is 19.7. The van der Waals surface area contributed by atoms with Crippen molar-refractivity contribution >= 4 is 17.7 Å². The molecule has 1 aliphatic rings. The minimum Gasteiger partial charge on any atom is -0.461 e. The summed E-state index contributed by atoms with van der Waals surface area (Å²) in [6.45, 7) is 8.49. The Morgan fingerprint density at radius 2 is 2.00 bits per heavy atom. The molecule has 0 N–H and O–H groups in total. The highest BCUT2D eigenvalue weighted by atomic mass is 19.1. The number of ether oxygens (including phenoxy) is 2. The Morgan fingerprint density at radius 3 is 2.61 bits per heavy atom. The van der Waals surface area contributed by atoms with Crippen LogP contribution in [0.2, 0.25) is 0 Å². The minimum absolute atomic E-state index is 0.173. The predicted octanol–water partition coefficient (Wildman–Crippen LogP) is 3.94. The average molecular weight is 459 g/mol. The number of benzene rings is 1. The largest absolute Gasteiger partial charge is 0.461 e. The van der Waals surface area contributed by atoms with Crippen LogP contribution in [0.25, 0.3) is 0 Å². The van der Waals surface area contributed by atoms with E-state index in [1.165, 1.54) is 23.1 Å². The molecule has 0 saturated carbocycles. The molecule has 1 amide bonds. The van der Waals surface area contributed by atoms with Gasteiger partial charge in [-0.05, 0) is 64.3 Å². The zero-order valence-electron chi connectivity index (χ0n) is 19.7. The summed E-state index contributed by atoms with van der Waals surface area (Å²) in [5, 5.41) is 0. The van der Waals surface area contributed by atoms with Crippen LogP contribution >= 0.6 is 0 Å². The minimum atomic E-state index is -0.518. The number of Topliss-reactive ketones (excluding diaryl/α,β-unsaturated/α-hetero) is 1. The highest BCUT2D eigenvalue weighted by molar-refractivity contribution is 6.06. The molecule has 8 heteroatoms. The Balaban J connectivity index is 1.93. The number of rotatable bonds is 9. The van der Waals surface area contributed by atoms with Crippen LogP contribution in [0.4, 0.5) is 4.39 Å². The van der Waals surface area contributed by atoms with Crippen LogP contribution in [0.1, 0.15) is 69.2 Å². The summed E-state index contributed by atoms with van der Waals surface area (Å²) in [6.07, 6.45) is 1.51. The van der Waals surface area contributed by atoms with Crippen molar-refractivity contribution in [3.63, 3.8) is 0 Å². The third-order valence-electron chi connectivity index (χ3n) is 5.97. The third-order valence-corrected chi connectivity index (χ3v) is 5.97. The van der Waals surface area contributed by atoms with Gasteiger partial charge in [0.2, 0.25) is 0 Å². The van der Waals surface area contributed by atoms with Crippen molar-refractivity contribution in [2.75, 3.05) is 26.3 Å². The van der Waals surface area contributed by atoms with Gasteiger partial charge in [-0.15, -0.1) is 0 Å². The second-order valence-corrected chi connectivity index (χ2v) is 8.15. The van der Waals surface area contributed by atoms with E-state index in [-0.39, 0.29) is 37.1 Å². The van der Waals surface area contributed by atoms with E-state index in [0.29, 0.717) is 35.7 Å². The summed E-state index contributed by atoms with van der Waals surface area (Å²) < 4.78 is 26.4. The van der Waals surface area contributed by atoms with Gasteiger partial charge in [0, 0.05) is 36.5 Å². The lowest BCUT2D eigenvalue weighted by molar-refractivity contribution is 0.0505. The van der Waals surface area contributed by atoms with Gasteiger partial charge in [0.25, 0.3) is 5.91 Å². The Labute approximate surface area is 193 Å². The smallest absolute Gasteiger partial charge is 0.355 e. The fourth-order valence-corrected chi connectivity index (χ4v) is 4.47. The van der Waals surface area contributed by atoms with E-state index < -0.39 is 17.7 Å². The van der Waals surface area contributed by atoms with Crippen LogP contribution in [0.3, 0.4) is 0 Å². The monoisotopic (exact) mass is 458 g/mol. The second-order valence-electron chi connectivity index (χ2n) is 8.15. The number of hydrogen-bond donors (Lipinski definition) is 0. The van der Waals surface area contributed by atoms with Crippen molar-refractivity contribution < 1.29 is 28.2 Å². The van der Waals surface area contributed by atoms with Gasteiger partial charge in [-0.1, -0.05) is 6.07 Å². The van der Waals surface area contributed by atoms with Gasteiger partial charge >= 0.3 is 5.97 Å². The first-order valence-electron chi connectivity index (χ1n) is 11.3. The highest BCUT2D eigenvalue weighted by Crippen LogP contribution is 2.25. The standard InChI is InChI=1S/C25H31FN2O5/c1-5-28-17(4)22(16(3)23(28)25(31)32-6-2)21(29)15-27(14-20-11-8-12-33-20)24(30)18-9-7-10-19(26)13-18/h7,9-10,13,20H,5-6,8,11-12,14-15H2,1-4H3/t20-/m1/s1. The van der Waals surface area contributed by atoms with Gasteiger partial charge in [0.1, 0.15) is 11.5 Å². The number of amides is 1. The van der Waals surface area contributed by atoms with E-state index in [1.807, 2.05) is 6.92 Å². The Hall–Kier alpha value is -3.00. The lowest BCUT2D eigenvalue weighted by Crippen LogP contribution is -2.41. The van der Waals surface area contributed by atoms with Crippen molar-refractivity contribution in [2.45, 2.75) is 53.2 Å². The summed E-state index contributed by atoms with van der Waals surface area (Å²) in [5.74, 6) is -1.72. The maximum atomic E-state index is 13.7. The molecular weight excluding hydrogens is 427 g/mol. The van der Waals surface area contributed by atoms with Crippen LogP contribution in [0, 0.1) is 19.7 Å². The molecule has 1 aromatic carbocycles. The number of esters is 1. The number of aromatic nitrogens is 1. The van der Waals surface area contributed by atoms with Crippen LogP contribution in [0.5, 0.6) is 0 Å². The van der Waals surface area contributed by atoms with Crippen molar-refractivity contribution in [1.82, 2.24) is 9.47 Å². The topological polar surface area (TPSA) is 77.8 Å². The van der Waals surface area contributed by atoms with Crippen molar-refractivity contribution in [3.05, 3.63) is 58.2 Å². The van der Waals surface area contributed by atoms with Crippen LogP contribution in [-0.2, 0) is 16.0 Å². The molecule has 1 fully saturated rings. The van der Waals surface area contributed by atoms with E-state index in [9.17, 15) is 18.8 Å². The maximum absolute atomic E-state index is 13.7. The zero-order chi connectivity index (χ0) is 24.1. The lowest BCUT2D eigenvalue weighted by Gasteiger charge is -2.25. The molecule has 7 nitrogen and oxygen atoms in total. The van der Waals surface area contributed by atoms with Gasteiger partial charge < -0.3 is 18.9 Å². The number of carbonyl (C=O) groups excluding carboxylic acids is 3. The SMILES string of the molecule is CCOC(=O)c1c(C)c(C(=O)CN(C[C@H]2CCCO2)C(=O)c2cccc(F)c2)c(C)n1CC. The summed E-state index contributed by atoms with van der Waals surface area (Å²) in [6, 6.07) is 5.43. The van der Waals surface area contributed by atoms with Gasteiger partial charge in [-0.2, -0.15) is 0 Å². The van der Waals surface area contributed by atoms with Gasteiger partial charge in [0.15, 0.2) is 5.78 Å². The number of halogens is 1. The Morgan fingerprint density at radius 1 is 1.24 bits per heavy atom. The summed E-state index contributed by atoms with van der Waals surface area (Å²) in [7, 11) is 0. The molecule has 1 atom stereocenters. The molecule has 0 spiro atoms. The van der Waals surface area contributed by atoms with E-state index >= 15 is 0 Å². The van der Waals surface area contributed by atoms with E-state index in [4.69, 9.17) is 9.47 Å². The van der Waals surface area contributed by atoms with E-state index in [2.05, 4.69) is 0 Å². The Kier molecular flexibility index (Phi) is 8.02. The van der Waals surface area contributed by atoms with Gasteiger partial charge in [-0.25, -0.2) is 9.18 Å². The third kappa shape index (κ3) is 5.33. The van der Waals surface area contributed by atoms with Gasteiger partial charge in [-0.3, -0.25) is 9.59 Å². The molecule has 0 aliphatic carbocycles. The van der Waals surface area contributed by atoms with E-state index in [1.54, 1.807) is 25.3 Å². The molecule has 2 heterocycles. The summed E-state index contributed by atoms with van der Waals surface area (Å²) >= 11 is 0. The molecule has 1 aromatic heterocycles. The number of carbonyl (C=O) groups is 3. The number of hydrogen-bond acceptors (Lipinski definition) is 5. The molecule has 178 valence electrons. The van der Waals surface area contributed by atoms with Crippen LogP contribution in [-0.4, -0.2) is 59.5 Å². The second kappa shape index (κ2) is 10.7. The predicted molar refractivity (Wildman–Crippen MR) is 121 cm³/mol. The molecule has 2 aromatic rings. The molecule has 1 saturated heterocycles. The fraction of sp³-hybridized carbons (Fsp3) is 0.480. The van der Waals surface area contributed by atoms with Gasteiger partial charge in [0.05, 0.1) is 19.3 Å². The van der Waals surface area contributed by atoms with Crippen molar-refractivity contribution in [3.8, 4) is 0 Å².